The number of aliphatic carboxylic acids is 1. The number of benzene rings is 1. The number of hydrogen-bond donors (Lipinski definition) is 1. The van der Waals surface area contributed by atoms with E-state index < -0.39 is 40.1 Å². The molecule has 2 rings (SSSR count). The monoisotopic (exact) mass is 303 g/mol. The van der Waals surface area contributed by atoms with Gasteiger partial charge in [0.05, 0.1) is 17.0 Å². The fourth-order valence-corrected chi connectivity index (χ4v) is 2.51. The van der Waals surface area contributed by atoms with Gasteiger partial charge in [-0.15, -0.1) is 0 Å². The van der Waals surface area contributed by atoms with Crippen LogP contribution in [0.2, 0.25) is 5.02 Å². The zero-order valence-corrected chi connectivity index (χ0v) is 11.2. The first-order valence-electron chi connectivity index (χ1n) is 6.07. The van der Waals surface area contributed by atoms with Crippen molar-refractivity contribution in [2.45, 2.75) is 25.3 Å². The second-order valence-corrected chi connectivity index (χ2v) is 5.05. The Labute approximate surface area is 118 Å². The van der Waals surface area contributed by atoms with Crippen LogP contribution in [0.15, 0.2) is 12.1 Å². The van der Waals surface area contributed by atoms with Gasteiger partial charge in [-0.05, 0) is 25.0 Å². The minimum Gasteiger partial charge on any atom is -0.481 e. The van der Waals surface area contributed by atoms with Crippen LogP contribution in [0.1, 0.15) is 29.6 Å². The number of likely N-dealkylation sites (tertiary alicyclic amines) is 1. The number of carboxylic acid groups (broad SMARTS) is 1. The molecule has 1 aliphatic heterocycles. The van der Waals surface area contributed by atoms with E-state index in [1.165, 1.54) is 4.90 Å². The first-order chi connectivity index (χ1) is 9.40. The van der Waals surface area contributed by atoms with Crippen molar-refractivity contribution >= 4 is 23.5 Å². The fourth-order valence-electron chi connectivity index (χ4n) is 2.36. The van der Waals surface area contributed by atoms with Crippen LogP contribution in [0.4, 0.5) is 8.78 Å². The number of carbonyl (C=O) groups is 2. The summed E-state index contributed by atoms with van der Waals surface area (Å²) in [4.78, 5) is 24.2. The highest BCUT2D eigenvalue weighted by Crippen LogP contribution is 2.25. The number of hydrogen-bond acceptors (Lipinski definition) is 2. The Balaban J connectivity index is 2.26. The number of amides is 1. The average Bonchev–Trinajstić information content (AvgIpc) is 2.80. The minimum absolute atomic E-state index is 0.205. The van der Waals surface area contributed by atoms with Crippen molar-refractivity contribution < 1.29 is 23.5 Å². The van der Waals surface area contributed by atoms with Crippen LogP contribution in [-0.4, -0.2) is 34.5 Å². The normalized spacial score (nSPS) is 18.4. The van der Waals surface area contributed by atoms with Gasteiger partial charge in [0.1, 0.15) is 11.6 Å². The predicted octanol–water partition coefficient (Wildman–Crippen LogP) is 2.70. The molecule has 108 valence electrons. The van der Waals surface area contributed by atoms with Gasteiger partial charge in [-0.2, -0.15) is 0 Å². The summed E-state index contributed by atoms with van der Waals surface area (Å²) in [6.45, 7) is 0.334. The Hall–Kier alpha value is -1.69. The molecule has 1 aromatic carbocycles. The van der Waals surface area contributed by atoms with Gasteiger partial charge in [0.15, 0.2) is 0 Å². The van der Waals surface area contributed by atoms with E-state index in [0.29, 0.717) is 19.4 Å². The second-order valence-electron chi connectivity index (χ2n) is 4.64. The summed E-state index contributed by atoms with van der Waals surface area (Å²) in [6.07, 6.45) is 0.973. The lowest BCUT2D eigenvalue weighted by atomic mass is 10.1. The van der Waals surface area contributed by atoms with Crippen LogP contribution in [0.5, 0.6) is 0 Å². The first-order valence-corrected chi connectivity index (χ1v) is 6.45. The largest absolute Gasteiger partial charge is 0.481 e. The van der Waals surface area contributed by atoms with Gasteiger partial charge in [-0.1, -0.05) is 11.6 Å². The maximum absolute atomic E-state index is 13.7. The summed E-state index contributed by atoms with van der Waals surface area (Å²) in [5.41, 5.74) is -0.427. The van der Waals surface area contributed by atoms with Gasteiger partial charge in [-0.3, -0.25) is 9.59 Å². The van der Waals surface area contributed by atoms with E-state index >= 15 is 0 Å². The van der Waals surface area contributed by atoms with E-state index in [1.807, 2.05) is 0 Å². The Bertz CT molecular complexity index is 565. The van der Waals surface area contributed by atoms with E-state index in [0.717, 1.165) is 12.1 Å². The van der Waals surface area contributed by atoms with Crippen LogP contribution < -0.4 is 0 Å². The lowest BCUT2D eigenvalue weighted by Gasteiger charge is -2.23. The first kappa shape index (κ1) is 14.7. The van der Waals surface area contributed by atoms with Gasteiger partial charge in [0.2, 0.25) is 0 Å². The molecule has 1 saturated heterocycles. The van der Waals surface area contributed by atoms with Crippen LogP contribution in [-0.2, 0) is 4.79 Å². The van der Waals surface area contributed by atoms with Gasteiger partial charge in [0.25, 0.3) is 5.91 Å². The van der Waals surface area contributed by atoms with Gasteiger partial charge >= 0.3 is 5.97 Å². The molecule has 0 radical (unpaired) electrons. The Morgan fingerprint density at radius 2 is 2.05 bits per heavy atom. The highest BCUT2D eigenvalue weighted by atomic mass is 35.5. The maximum Gasteiger partial charge on any atom is 0.305 e. The van der Waals surface area contributed by atoms with Crippen molar-refractivity contribution in [3.05, 3.63) is 34.4 Å². The summed E-state index contributed by atoms with van der Waals surface area (Å²) < 4.78 is 27.1. The molecule has 0 bridgehead atoms. The summed E-state index contributed by atoms with van der Waals surface area (Å²) in [5.74, 6) is -3.54. The number of halogens is 3. The van der Waals surface area contributed by atoms with Crippen LogP contribution in [0.25, 0.3) is 0 Å². The molecule has 0 aliphatic carbocycles. The third kappa shape index (κ3) is 2.90. The van der Waals surface area contributed by atoms with Crippen molar-refractivity contribution in [3.8, 4) is 0 Å². The van der Waals surface area contributed by atoms with Crippen LogP contribution in [0.3, 0.4) is 0 Å². The molecule has 1 heterocycles. The number of rotatable bonds is 3. The Kier molecular flexibility index (Phi) is 4.23. The maximum atomic E-state index is 13.7. The molecule has 1 atom stereocenters. The molecule has 7 heteroatoms. The molecular formula is C13H12ClF2NO3. The third-order valence-electron chi connectivity index (χ3n) is 3.29. The lowest BCUT2D eigenvalue weighted by Crippen LogP contribution is -2.37. The Morgan fingerprint density at radius 3 is 2.70 bits per heavy atom. The van der Waals surface area contributed by atoms with Gasteiger partial charge in [-0.25, -0.2) is 8.78 Å². The molecule has 1 fully saturated rings. The molecule has 0 spiro atoms. The number of nitrogens with zero attached hydrogens (tertiary/aromatic N) is 1. The second kappa shape index (κ2) is 5.75. The van der Waals surface area contributed by atoms with Crippen molar-refractivity contribution in [2.75, 3.05) is 6.54 Å². The molecule has 20 heavy (non-hydrogen) atoms. The van der Waals surface area contributed by atoms with E-state index in [4.69, 9.17) is 16.7 Å². The van der Waals surface area contributed by atoms with Crippen LogP contribution in [0, 0.1) is 11.6 Å². The molecule has 1 N–H and O–H groups in total. The highest BCUT2D eigenvalue weighted by molar-refractivity contribution is 6.30. The van der Waals surface area contributed by atoms with Crippen molar-refractivity contribution in [3.63, 3.8) is 0 Å². The summed E-state index contributed by atoms with van der Waals surface area (Å²) in [7, 11) is 0. The molecule has 0 aromatic heterocycles. The smallest absolute Gasteiger partial charge is 0.305 e. The average molecular weight is 304 g/mol. The quantitative estimate of drug-likeness (QED) is 0.874. The molecule has 1 unspecified atom stereocenters. The van der Waals surface area contributed by atoms with Gasteiger partial charge < -0.3 is 10.0 Å². The summed E-state index contributed by atoms with van der Waals surface area (Å²) in [5, 5.41) is 8.39. The molecular weight excluding hydrogens is 292 g/mol. The zero-order chi connectivity index (χ0) is 14.9. The Morgan fingerprint density at radius 1 is 1.35 bits per heavy atom. The predicted molar refractivity (Wildman–Crippen MR) is 67.7 cm³/mol. The molecule has 0 saturated carbocycles. The van der Waals surface area contributed by atoms with E-state index in [-0.39, 0.29) is 6.42 Å². The zero-order valence-electron chi connectivity index (χ0n) is 10.4. The minimum atomic E-state index is -1.03. The molecule has 1 aliphatic rings. The fraction of sp³-hybridized carbons (Fsp3) is 0.385. The van der Waals surface area contributed by atoms with E-state index in [1.54, 1.807) is 0 Å². The highest BCUT2D eigenvalue weighted by Gasteiger charge is 2.32. The molecule has 1 amide bonds. The van der Waals surface area contributed by atoms with Gasteiger partial charge in [0, 0.05) is 12.6 Å². The molecule has 4 nitrogen and oxygen atoms in total. The van der Waals surface area contributed by atoms with E-state index in [9.17, 15) is 18.4 Å². The molecule has 1 aromatic rings. The number of carboxylic acids is 1. The van der Waals surface area contributed by atoms with Crippen LogP contribution >= 0.6 is 11.6 Å². The van der Waals surface area contributed by atoms with Crippen molar-refractivity contribution in [1.82, 2.24) is 4.90 Å². The standard InChI is InChI=1S/C13H12ClF2NO3/c14-9-6-10(15)8(5-11(9)16)13(20)17-3-1-2-7(17)4-12(18)19/h5-7H,1-4H2,(H,18,19). The summed E-state index contributed by atoms with van der Waals surface area (Å²) in [6, 6.07) is 1.00. The lowest BCUT2D eigenvalue weighted by molar-refractivity contribution is -0.137. The SMILES string of the molecule is O=C(O)CC1CCCN1C(=O)c1cc(F)c(Cl)cc1F. The van der Waals surface area contributed by atoms with E-state index in [2.05, 4.69) is 0 Å². The number of carbonyl (C=O) groups excluding carboxylic acids is 1. The van der Waals surface area contributed by atoms with Crippen molar-refractivity contribution in [2.24, 2.45) is 0 Å². The topological polar surface area (TPSA) is 57.6 Å². The summed E-state index contributed by atoms with van der Waals surface area (Å²) >= 11 is 5.43. The van der Waals surface area contributed by atoms with Crippen molar-refractivity contribution in [1.29, 1.82) is 0 Å². The third-order valence-corrected chi connectivity index (χ3v) is 3.58.